The molecule has 8 nitrogen and oxygen atoms in total. The Morgan fingerprint density at radius 3 is 2.86 bits per heavy atom. The van der Waals surface area contributed by atoms with Gasteiger partial charge in [0.15, 0.2) is 12.3 Å². The number of benzene rings is 1. The summed E-state index contributed by atoms with van der Waals surface area (Å²) in [6.45, 7) is 6.40. The maximum Gasteiger partial charge on any atom is 0.325 e. The lowest BCUT2D eigenvalue weighted by molar-refractivity contribution is -0.532. The number of anilines is 2. The van der Waals surface area contributed by atoms with Gasteiger partial charge in [0.2, 0.25) is 0 Å². The number of nitrogens with zero attached hydrogens (tertiary/aromatic N) is 4. The third kappa shape index (κ3) is 3.96. The van der Waals surface area contributed by atoms with Crippen molar-refractivity contribution in [3.05, 3.63) is 88.1 Å². The fourth-order valence-corrected chi connectivity index (χ4v) is 5.02. The van der Waals surface area contributed by atoms with Crippen LogP contribution in [0.15, 0.2) is 53.8 Å². The summed E-state index contributed by atoms with van der Waals surface area (Å²) in [6.07, 6.45) is 3.57. The maximum atomic E-state index is 13.6. The monoisotopic (exact) mass is 473 g/mol. The normalized spacial score (nSPS) is 18.0. The number of halogens is 1. The van der Waals surface area contributed by atoms with Gasteiger partial charge in [-0.05, 0) is 36.2 Å². The van der Waals surface area contributed by atoms with Gasteiger partial charge in [0, 0.05) is 43.5 Å². The topological polar surface area (TPSA) is 84.8 Å². The average molecular weight is 474 g/mol. The number of nitrogens with one attached hydrogen (secondary N) is 2. The summed E-state index contributed by atoms with van der Waals surface area (Å²) in [5, 5.41) is 6.27. The Kier molecular flexibility index (Phi) is 5.50. The summed E-state index contributed by atoms with van der Waals surface area (Å²) in [7, 11) is 0. The van der Waals surface area contributed by atoms with Gasteiger partial charge in [0.1, 0.15) is 11.6 Å². The first-order chi connectivity index (χ1) is 17.1. The number of hydrogen-bond acceptors (Lipinski definition) is 6. The van der Waals surface area contributed by atoms with Crippen LogP contribution in [0, 0.1) is 11.5 Å². The molecule has 5 heterocycles. The van der Waals surface area contributed by atoms with Crippen LogP contribution in [0.2, 0.25) is 0 Å². The van der Waals surface area contributed by atoms with Gasteiger partial charge in [-0.15, -0.1) is 0 Å². The molecule has 1 saturated heterocycles. The van der Waals surface area contributed by atoms with E-state index in [0.29, 0.717) is 35.6 Å². The van der Waals surface area contributed by atoms with Crippen molar-refractivity contribution in [2.75, 3.05) is 38.2 Å². The zero-order valence-corrected chi connectivity index (χ0v) is 19.4. The fourth-order valence-electron chi connectivity index (χ4n) is 5.02. The van der Waals surface area contributed by atoms with E-state index < -0.39 is 0 Å². The number of hydrogen-bond donors (Lipinski definition) is 2. The van der Waals surface area contributed by atoms with Crippen molar-refractivity contribution in [3.8, 4) is 0 Å². The first kappa shape index (κ1) is 21.8. The van der Waals surface area contributed by atoms with Crippen molar-refractivity contribution in [1.82, 2.24) is 15.2 Å². The Morgan fingerprint density at radius 2 is 2.06 bits per heavy atom. The molecule has 3 aromatic rings. The van der Waals surface area contributed by atoms with Crippen LogP contribution in [-0.4, -0.2) is 48.6 Å². The van der Waals surface area contributed by atoms with Crippen LogP contribution in [-0.2, 0) is 11.3 Å². The van der Waals surface area contributed by atoms with Crippen molar-refractivity contribution in [2.24, 2.45) is 4.99 Å². The van der Waals surface area contributed by atoms with Crippen LogP contribution in [0.1, 0.15) is 40.0 Å². The van der Waals surface area contributed by atoms with E-state index in [1.165, 1.54) is 12.1 Å². The second-order valence-corrected chi connectivity index (χ2v) is 8.96. The molecular weight excluding hydrogens is 447 g/mol. The van der Waals surface area contributed by atoms with Gasteiger partial charge in [0.25, 0.3) is 5.91 Å². The number of pyridine rings is 2. The summed E-state index contributed by atoms with van der Waals surface area (Å²) >= 11 is 0. The molecule has 1 atom stereocenters. The standard InChI is InChI=1S/C26H25FN6O2/c1-16(32-8-10-35-11-9-32)17-2-5-23(28-13-17)31-21-4-3-19(20-14-30-26(34)25(20)21)22-15-29-24-12-18(27)6-7-33(22)24/h2-7,12-13,16H,8-11,14-15H2,1H3,(H,30,34)/p+1/t16-/m1/s1. The minimum Gasteiger partial charge on any atom is -0.379 e. The predicted molar refractivity (Wildman–Crippen MR) is 126 cm³/mol. The molecule has 3 aliphatic rings. The first-order valence-electron chi connectivity index (χ1n) is 11.8. The van der Waals surface area contributed by atoms with Gasteiger partial charge in [0.05, 0.1) is 36.7 Å². The van der Waals surface area contributed by atoms with E-state index >= 15 is 0 Å². The highest BCUT2D eigenvalue weighted by Crippen LogP contribution is 2.32. The molecule has 6 rings (SSSR count). The minimum atomic E-state index is -0.319. The number of carbonyl (C=O) groups is 1. The van der Waals surface area contributed by atoms with Crippen LogP contribution >= 0.6 is 0 Å². The summed E-state index contributed by atoms with van der Waals surface area (Å²) in [6, 6.07) is 11.0. The summed E-state index contributed by atoms with van der Waals surface area (Å²) in [4.78, 5) is 24.2. The Hall–Kier alpha value is -3.69. The molecule has 1 aromatic carbocycles. The molecule has 178 valence electrons. The molecule has 2 N–H and O–H groups in total. The Morgan fingerprint density at radius 1 is 1.20 bits per heavy atom. The number of rotatable bonds is 5. The lowest BCUT2D eigenvalue weighted by Gasteiger charge is -2.32. The van der Waals surface area contributed by atoms with E-state index in [2.05, 4.69) is 38.5 Å². The number of amides is 1. The van der Waals surface area contributed by atoms with Crippen LogP contribution in [0.3, 0.4) is 0 Å². The smallest absolute Gasteiger partial charge is 0.325 e. The quantitative estimate of drug-likeness (QED) is 0.554. The van der Waals surface area contributed by atoms with Crippen molar-refractivity contribution >= 4 is 17.4 Å². The zero-order valence-electron chi connectivity index (χ0n) is 19.4. The van der Waals surface area contributed by atoms with E-state index in [0.717, 1.165) is 48.7 Å². The third-order valence-electron chi connectivity index (χ3n) is 6.98. The maximum absolute atomic E-state index is 13.6. The molecule has 0 radical (unpaired) electrons. The van der Waals surface area contributed by atoms with Gasteiger partial charge in [-0.3, -0.25) is 9.69 Å². The number of morpholine rings is 1. The molecule has 0 unspecified atom stereocenters. The second-order valence-electron chi connectivity index (χ2n) is 8.96. The fraction of sp³-hybridized carbons (Fsp3) is 0.308. The number of carbonyl (C=O) groups excluding carboxylic acids is 1. The van der Waals surface area contributed by atoms with Crippen molar-refractivity contribution in [1.29, 1.82) is 0 Å². The Labute approximate surface area is 201 Å². The SMILES string of the molecule is C[C@H](c1ccc(Nc2ccc(C3=[n+]4ccc(F)cc4=NC3)c3c2C(=O)NC3)nc1)N1CCOCC1. The van der Waals surface area contributed by atoms with Crippen molar-refractivity contribution in [3.63, 3.8) is 0 Å². The molecule has 0 aliphatic carbocycles. The van der Waals surface area contributed by atoms with Crippen LogP contribution < -0.4 is 20.4 Å². The lowest BCUT2D eigenvalue weighted by Crippen LogP contribution is -2.38. The number of ether oxygens (including phenoxy) is 1. The van der Waals surface area contributed by atoms with Gasteiger partial charge in [-0.25, -0.2) is 9.37 Å². The number of fused-ring (bicyclic) bond motifs is 2. The van der Waals surface area contributed by atoms with Crippen LogP contribution in [0.5, 0.6) is 0 Å². The summed E-state index contributed by atoms with van der Waals surface area (Å²) in [5.74, 6) is 0.235. The van der Waals surface area contributed by atoms with Gasteiger partial charge in [-0.2, -0.15) is 4.24 Å². The van der Waals surface area contributed by atoms with Gasteiger partial charge in [-0.1, -0.05) is 11.1 Å². The molecule has 3 aliphatic heterocycles. The largest absolute Gasteiger partial charge is 0.379 e. The van der Waals surface area contributed by atoms with E-state index in [1.54, 1.807) is 6.20 Å². The highest BCUT2D eigenvalue weighted by Gasteiger charge is 2.30. The highest BCUT2D eigenvalue weighted by atomic mass is 19.1. The summed E-state index contributed by atoms with van der Waals surface area (Å²) in [5.41, 5.74) is 5.81. The molecule has 0 bridgehead atoms. The van der Waals surface area contributed by atoms with E-state index in [-0.39, 0.29) is 17.8 Å². The second kappa shape index (κ2) is 8.83. The molecular formula is C26H26FN6O2+. The zero-order chi connectivity index (χ0) is 23.9. The lowest BCUT2D eigenvalue weighted by atomic mass is 9.97. The summed E-state index contributed by atoms with van der Waals surface area (Å²) < 4.78 is 21.0. The average Bonchev–Trinajstić information content (AvgIpc) is 3.48. The molecule has 9 heteroatoms. The Balaban J connectivity index is 1.30. The first-order valence-corrected chi connectivity index (χ1v) is 11.8. The predicted octanol–water partition coefficient (Wildman–Crippen LogP) is 1.95. The van der Waals surface area contributed by atoms with E-state index in [1.807, 2.05) is 28.6 Å². The third-order valence-corrected chi connectivity index (χ3v) is 6.98. The molecule has 0 saturated carbocycles. The van der Waals surface area contributed by atoms with Crippen LogP contribution in [0.4, 0.5) is 15.9 Å². The molecule has 2 aromatic heterocycles. The van der Waals surface area contributed by atoms with Crippen molar-refractivity contribution < 1.29 is 18.2 Å². The number of aromatic nitrogens is 2. The minimum absolute atomic E-state index is 0.123. The van der Waals surface area contributed by atoms with E-state index in [4.69, 9.17) is 4.74 Å². The molecule has 35 heavy (non-hydrogen) atoms. The molecule has 0 spiro atoms. The highest BCUT2D eigenvalue weighted by molar-refractivity contribution is 6.04. The van der Waals surface area contributed by atoms with Gasteiger partial charge < -0.3 is 15.4 Å². The van der Waals surface area contributed by atoms with Crippen molar-refractivity contribution in [2.45, 2.75) is 19.5 Å². The van der Waals surface area contributed by atoms with Gasteiger partial charge >= 0.3 is 5.49 Å². The molecule has 1 amide bonds. The Bertz CT molecular complexity index is 1430. The van der Waals surface area contributed by atoms with E-state index in [9.17, 15) is 9.18 Å². The van der Waals surface area contributed by atoms with Crippen LogP contribution in [0.25, 0.3) is 0 Å². The molecule has 1 fully saturated rings.